The van der Waals surface area contributed by atoms with Gasteiger partial charge in [-0.1, -0.05) is 120 Å². The molecule has 2 fully saturated rings. The second-order valence-corrected chi connectivity index (χ2v) is 24.0. The molecule has 0 bridgehead atoms. The van der Waals surface area contributed by atoms with Crippen LogP contribution in [0.4, 0.5) is 0 Å². The molecule has 0 aromatic rings. The number of hydrogen-bond acceptors (Lipinski definition) is 20. The highest BCUT2D eigenvalue weighted by molar-refractivity contribution is 5.92. The van der Waals surface area contributed by atoms with Crippen LogP contribution in [0.3, 0.4) is 0 Å². The van der Waals surface area contributed by atoms with E-state index in [0.717, 1.165) is 31.6 Å². The summed E-state index contributed by atoms with van der Waals surface area (Å²) in [5.74, 6) is -9.22. The molecule has 0 spiro atoms. The van der Waals surface area contributed by atoms with Crippen LogP contribution in [0, 0.1) is 35.5 Å². The number of carboxylic acid groups (broad SMARTS) is 2. The maximum Gasteiger partial charge on any atom is 0.305 e. The summed E-state index contributed by atoms with van der Waals surface area (Å²) >= 11 is 0. The van der Waals surface area contributed by atoms with Crippen molar-refractivity contribution in [2.45, 2.75) is 271 Å². The number of Topliss-reactive ketones (excluding diaryl/α,β-unsaturated/α-hetero) is 2. The zero-order valence-corrected chi connectivity index (χ0v) is 52.3. The van der Waals surface area contributed by atoms with Gasteiger partial charge in [0.05, 0.1) is 12.2 Å². The molecule has 8 unspecified atom stereocenters. The number of ether oxygens (including phenoxy) is 6. The molecule has 2 heterocycles. The van der Waals surface area contributed by atoms with Crippen LogP contribution >= 0.6 is 0 Å². The first-order chi connectivity index (χ1) is 40.3. The van der Waals surface area contributed by atoms with Gasteiger partial charge in [-0.15, -0.1) is 0 Å². The third-order valence-electron chi connectivity index (χ3n) is 15.3. The number of primary amides is 2. The zero-order chi connectivity index (χ0) is 65.4. The first-order valence-corrected chi connectivity index (χ1v) is 30.6. The Morgan fingerprint density at radius 3 is 1.13 bits per heavy atom. The molecular weight excluding hydrogens is 1130 g/mol. The second kappa shape index (κ2) is 41.8. The number of nitrogens with two attached hydrogens (primary N) is 2. The fourth-order valence-electron chi connectivity index (χ4n) is 9.51. The van der Waals surface area contributed by atoms with Crippen molar-refractivity contribution in [1.29, 1.82) is 0 Å². The van der Waals surface area contributed by atoms with Gasteiger partial charge in [-0.3, -0.25) is 47.9 Å². The maximum atomic E-state index is 12.9. The van der Waals surface area contributed by atoms with Crippen molar-refractivity contribution in [3.63, 3.8) is 0 Å². The van der Waals surface area contributed by atoms with Crippen LogP contribution in [-0.2, 0) is 76.4 Å². The van der Waals surface area contributed by atoms with Crippen LogP contribution in [0.5, 0.6) is 0 Å². The van der Waals surface area contributed by atoms with Gasteiger partial charge < -0.3 is 81.2 Å². The minimum Gasteiger partial charge on any atom is -0.481 e. The predicted octanol–water partition coefficient (Wildman–Crippen LogP) is 3.67. The summed E-state index contributed by atoms with van der Waals surface area (Å²) in [6.07, 6.45) is 0.136. The molecule has 0 aliphatic carbocycles. The van der Waals surface area contributed by atoms with Gasteiger partial charge >= 0.3 is 23.9 Å². The Kier molecular flexibility index (Phi) is 38.3. The molecule has 12 N–H and O–H groups in total. The van der Waals surface area contributed by atoms with Crippen molar-refractivity contribution >= 4 is 59.1 Å². The number of nitrogens with one attached hydrogen (secondary N) is 2. The van der Waals surface area contributed by atoms with Gasteiger partial charge in [0.25, 0.3) is 0 Å². The smallest absolute Gasteiger partial charge is 0.305 e. The van der Waals surface area contributed by atoms with E-state index in [0.29, 0.717) is 18.8 Å². The van der Waals surface area contributed by atoms with Crippen LogP contribution in [0.15, 0.2) is 0 Å². The van der Waals surface area contributed by atoms with Crippen molar-refractivity contribution in [3.05, 3.63) is 0 Å². The Hall–Kier alpha value is -5.22. The average Bonchev–Trinajstić information content (AvgIpc) is 2.97. The molecule has 4 amide bonds. The molecule has 26 nitrogen and oxygen atoms in total. The van der Waals surface area contributed by atoms with Gasteiger partial charge in [0.1, 0.15) is 61.9 Å². The molecule has 0 aromatic heterocycles. The molecule has 0 radical (unpaired) electrons. The predicted molar refractivity (Wildman–Crippen MR) is 311 cm³/mol. The van der Waals surface area contributed by atoms with E-state index < -0.39 is 156 Å². The number of aliphatic carboxylic acids is 2. The molecule has 16 atom stereocenters. The Morgan fingerprint density at radius 1 is 0.465 bits per heavy atom. The molecule has 496 valence electrons. The minimum atomic E-state index is -1.34. The number of amides is 4. The number of carbonyl (C=O) groups is 10. The van der Waals surface area contributed by atoms with E-state index in [1.54, 1.807) is 13.8 Å². The molecule has 2 rings (SSSR count). The number of ketones is 2. The highest BCUT2D eigenvalue weighted by atomic mass is 16.7. The zero-order valence-electron chi connectivity index (χ0n) is 52.3. The number of unbranched alkanes of at least 4 members (excludes halogenated alkanes) is 8. The lowest BCUT2D eigenvalue weighted by Crippen LogP contribution is -2.57. The summed E-state index contributed by atoms with van der Waals surface area (Å²) < 4.78 is 33.0. The molecule has 0 aromatic carbocycles. The normalized spacial score (nSPS) is 24.1. The van der Waals surface area contributed by atoms with E-state index in [9.17, 15) is 68.4 Å². The number of rotatable bonds is 42. The fraction of sp³-hybridized carbons (Fsp3) is 0.833. The summed E-state index contributed by atoms with van der Waals surface area (Å²) in [4.78, 5) is 120. The summed E-state index contributed by atoms with van der Waals surface area (Å²) in [5, 5.41) is 64.9. The first-order valence-electron chi connectivity index (χ1n) is 30.6. The number of carbonyl (C=O) groups excluding carboxylic acids is 8. The SMILES string of the molecule is CC(C)CCCC(=O)OCC1OC(O)C(C)C(O[C@H](C)C(=O)C[C@@H](C)C(=O)N[C@@H](CCC(=O)O)C(N)=O)[C@@H]1O.CC(C)CCCCCCCCCCCC(=O)OCC1OC(O)C(C)C(O[C@H](C)C(=O)C[C@@H](C)C(=O)N[C@@H](CCC(=O)O)C(N)=O)[C@@H]1O. The van der Waals surface area contributed by atoms with Crippen LogP contribution in [0.2, 0.25) is 0 Å². The van der Waals surface area contributed by atoms with Crippen LogP contribution in [-0.4, -0.2) is 176 Å². The van der Waals surface area contributed by atoms with Crippen molar-refractivity contribution < 1.29 is 107 Å². The Balaban J connectivity index is 0.000000875. The Bertz CT molecular complexity index is 2110. The van der Waals surface area contributed by atoms with Crippen LogP contribution in [0.25, 0.3) is 0 Å². The van der Waals surface area contributed by atoms with Gasteiger partial charge in [-0.05, 0) is 51.4 Å². The van der Waals surface area contributed by atoms with Crippen molar-refractivity contribution in [2.75, 3.05) is 13.2 Å². The van der Waals surface area contributed by atoms with E-state index in [1.807, 2.05) is 13.8 Å². The number of hydrogen-bond donors (Lipinski definition) is 10. The molecule has 2 saturated heterocycles. The van der Waals surface area contributed by atoms with Gasteiger partial charge in [0.2, 0.25) is 23.6 Å². The average molecular weight is 1230 g/mol. The summed E-state index contributed by atoms with van der Waals surface area (Å²) in [6.45, 7) is 17.0. The van der Waals surface area contributed by atoms with Crippen molar-refractivity contribution in [3.8, 4) is 0 Å². The third kappa shape index (κ3) is 31.6. The second-order valence-electron chi connectivity index (χ2n) is 24.0. The number of aliphatic hydroxyl groups is 4. The van der Waals surface area contributed by atoms with E-state index in [1.165, 1.54) is 66.2 Å². The molecular formula is C60H104N4O22. The molecule has 2 aliphatic rings. The van der Waals surface area contributed by atoms with E-state index in [2.05, 4.69) is 24.5 Å². The number of aliphatic hydroxyl groups excluding tert-OH is 4. The lowest BCUT2D eigenvalue weighted by Gasteiger charge is -2.42. The first kappa shape index (κ1) is 78.8. The van der Waals surface area contributed by atoms with E-state index >= 15 is 0 Å². The van der Waals surface area contributed by atoms with Crippen molar-refractivity contribution in [2.24, 2.45) is 47.0 Å². The summed E-state index contributed by atoms with van der Waals surface area (Å²) in [5.41, 5.74) is 10.5. The number of esters is 2. The quantitative estimate of drug-likeness (QED) is 0.0308. The topological polar surface area (TPSA) is 424 Å². The fourth-order valence-corrected chi connectivity index (χ4v) is 9.51. The van der Waals surface area contributed by atoms with E-state index in [-0.39, 0.29) is 64.6 Å². The monoisotopic (exact) mass is 1230 g/mol. The summed E-state index contributed by atoms with van der Waals surface area (Å²) in [6, 6.07) is -2.39. The Labute approximate surface area is 506 Å². The molecule has 26 heteroatoms. The van der Waals surface area contributed by atoms with Crippen LogP contribution < -0.4 is 22.1 Å². The van der Waals surface area contributed by atoms with Gasteiger partial charge in [0, 0.05) is 62.2 Å². The van der Waals surface area contributed by atoms with Gasteiger partial charge in [-0.25, -0.2) is 0 Å². The maximum absolute atomic E-state index is 12.9. The number of carboxylic acids is 2. The largest absolute Gasteiger partial charge is 0.481 e. The lowest BCUT2D eigenvalue weighted by molar-refractivity contribution is -0.279. The third-order valence-corrected chi connectivity index (χ3v) is 15.3. The highest BCUT2D eigenvalue weighted by Gasteiger charge is 2.46. The van der Waals surface area contributed by atoms with E-state index in [4.69, 9.17) is 50.1 Å². The molecule has 0 saturated carbocycles. The van der Waals surface area contributed by atoms with Crippen LogP contribution in [0.1, 0.15) is 198 Å². The molecule has 86 heavy (non-hydrogen) atoms. The highest BCUT2D eigenvalue weighted by Crippen LogP contribution is 2.31. The lowest BCUT2D eigenvalue weighted by atomic mass is 9.91. The van der Waals surface area contributed by atoms with Gasteiger partial charge in [0.15, 0.2) is 24.1 Å². The summed E-state index contributed by atoms with van der Waals surface area (Å²) in [7, 11) is 0. The standard InChI is InChI=1S/C34H60N2O11.C26H44N2O11/c1-21(2)15-13-11-9-7-6-8-10-12-14-16-29(40)45-20-27-30(41)31(23(4)34(44)47-27)46-24(5)26(37)19-22(3)33(43)36-25(32(35)42)17-18-28(38)39;1-13(2)7-6-8-21(32)37-12-19-22(33)23(15(4)26(36)39-19)38-16(5)18(29)11-14(3)25(35)28-17(24(27)34)9-10-20(30)31/h21-25,27,30-31,34,41,44H,6-20H2,1-5H3,(H2,35,42)(H,36,43)(H,38,39);13-17,19,22-23,26,33,36H,6-12H2,1-5H3,(H2,27,34)(H,28,35)(H,30,31)/t22-,23?,24-,25+,27?,30-,31?,34?;14-,15?,16-,17+,19?,22-,23?,26?/m11/s1. The molecule has 2 aliphatic heterocycles. The van der Waals surface area contributed by atoms with Crippen molar-refractivity contribution in [1.82, 2.24) is 10.6 Å². The Morgan fingerprint density at radius 2 is 0.791 bits per heavy atom. The minimum absolute atomic E-state index is 0.187. The van der Waals surface area contributed by atoms with Gasteiger partial charge in [-0.2, -0.15) is 0 Å².